The van der Waals surface area contributed by atoms with Crippen molar-refractivity contribution < 1.29 is 13.2 Å². The summed E-state index contributed by atoms with van der Waals surface area (Å²) < 4.78 is 40.8. The zero-order valence-corrected chi connectivity index (χ0v) is 17.9. The minimum Gasteiger partial charge on any atom is -0.353 e. The summed E-state index contributed by atoms with van der Waals surface area (Å²) in [5, 5.41) is 6.38. The summed E-state index contributed by atoms with van der Waals surface area (Å²) in [5.74, 6) is 0.0846. The maximum Gasteiger partial charge on any atom is 0.421 e. The Balaban J connectivity index is 1.51. The molecule has 1 aromatic carbocycles. The van der Waals surface area contributed by atoms with Crippen LogP contribution in [0.3, 0.4) is 0 Å². The van der Waals surface area contributed by atoms with Crippen molar-refractivity contribution in [3.05, 3.63) is 66.0 Å². The minimum atomic E-state index is -4.52. The van der Waals surface area contributed by atoms with Gasteiger partial charge in [-0.05, 0) is 31.5 Å². The molecule has 0 aliphatic carbocycles. The first-order valence-corrected chi connectivity index (χ1v) is 10.5. The van der Waals surface area contributed by atoms with Gasteiger partial charge in [0.2, 0.25) is 5.95 Å². The van der Waals surface area contributed by atoms with Crippen molar-refractivity contribution >= 4 is 11.8 Å². The van der Waals surface area contributed by atoms with Crippen molar-refractivity contribution in [1.29, 1.82) is 0 Å². The summed E-state index contributed by atoms with van der Waals surface area (Å²) in [6.45, 7) is 5.18. The average Bonchev–Trinajstić information content (AvgIpc) is 2.77. The van der Waals surface area contributed by atoms with E-state index in [4.69, 9.17) is 0 Å². The van der Waals surface area contributed by atoms with Gasteiger partial charge >= 0.3 is 6.18 Å². The van der Waals surface area contributed by atoms with Gasteiger partial charge < -0.3 is 15.5 Å². The molecule has 0 bridgehead atoms. The number of rotatable bonds is 5. The van der Waals surface area contributed by atoms with Gasteiger partial charge in [-0.25, -0.2) is 4.98 Å². The van der Waals surface area contributed by atoms with Crippen LogP contribution in [0.15, 0.2) is 54.9 Å². The fourth-order valence-corrected chi connectivity index (χ4v) is 3.91. The Hall–Kier alpha value is -3.20. The largest absolute Gasteiger partial charge is 0.421 e. The van der Waals surface area contributed by atoms with Crippen LogP contribution in [0.2, 0.25) is 0 Å². The third-order valence-corrected chi connectivity index (χ3v) is 5.30. The Labute approximate surface area is 184 Å². The van der Waals surface area contributed by atoms with Gasteiger partial charge in [0, 0.05) is 49.7 Å². The van der Waals surface area contributed by atoms with Crippen LogP contribution in [0.25, 0.3) is 11.3 Å². The number of benzene rings is 1. The molecule has 4 rings (SSSR count). The van der Waals surface area contributed by atoms with Crippen molar-refractivity contribution in [2.75, 3.05) is 23.3 Å². The van der Waals surface area contributed by atoms with E-state index in [1.54, 1.807) is 11.1 Å². The van der Waals surface area contributed by atoms with Crippen molar-refractivity contribution in [1.82, 2.24) is 20.3 Å². The van der Waals surface area contributed by atoms with E-state index in [0.717, 1.165) is 23.0 Å². The number of hydrogen-bond donors (Lipinski definition) is 2. The lowest BCUT2D eigenvalue weighted by Crippen LogP contribution is -2.55. The minimum absolute atomic E-state index is 0.0591. The predicted octanol–water partition coefficient (Wildman–Crippen LogP) is 4.36. The molecule has 6 nitrogen and oxygen atoms in total. The number of alkyl halides is 3. The SMILES string of the molecule is C[C@@H]1CN(c2nc(NCc3ccc(-c4ccccn4)cc3)ncc2C(F)(F)F)C[C@H](C)N1. The number of anilines is 2. The van der Waals surface area contributed by atoms with Gasteiger partial charge in [-0.3, -0.25) is 4.98 Å². The van der Waals surface area contributed by atoms with E-state index < -0.39 is 11.7 Å². The van der Waals surface area contributed by atoms with E-state index in [9.17, 15) is 13.2 Å². The molecule has 3 heterocycles. The molecule has 2 atom stereocenters. The molecule has 1 saturated heterocycles. The highest BCUT2D eigenvalue weighted by Crippen LogP contribution is 2.36. The van der Waals surface area contributed by atoms with Crippen LogP contribution >= 0.6 is 0 Å². The third kappa shape index (κ3) is 5.16. The first-order valence-electron chi connectivity index (χ1n) is 10.5. The molecule has 2 aromatic heterocycles. The standard InChI is InChI=1S/C23H25F3N6/c1-15-13-32(14-16(2)30-15)21-19(23(24,25)26)12-29-22(31-21)28-11-17-6-8-18(9-7-17)20-5-3-4-10-27-20/h3-10,12,15-16,30H,11,13-14H2,1-2H3,(H,28,29,31)/t15-,16+. The average molecular weight is 442 g/mol. The fourth-order valence-electron chi connectivity index (χ4n) is 3.91. The number of halogens is 3. The lowest BCUT2D eigenvalue weighted by atomic mass is 10.1. The number of hydrogen-bond acceptors (Lipinski definition) is 6. The van der Waals surface area contributed by atoms with Gasteiger partial charge in [-0.1, -0.05) is 30.3 Å². The Kier molecular flexibility index (Phi) is 6.27. The Bertz CT molecular complexity index is 1030. The molecule has 3 aromatic rings. The molecule has 1 aliphatic heterocycles. The number of nitrogens with zero attached hydrogens (tertiary/aromatic N) is 4. The number of pyridine rings is 1. The molecule has 0 spiro atoms. The lowest BCUT2D eigenvalue weighted by molar-refractivity contribution is -0.137. The molecule has 0 amide bonds. The van der Waals surface area contributed by atoms with E-state index in [2.05, 4.69) is 25.6 Å². The summed E-state index contributed by atoms with van der Waals surface area (Å²) in [4.78, 5) is 14.2. The summed E-state index contributed by atoms with van der Waals surface area (Å²) in [7, 11) is 0. The lowest BCUT2D eigenvalue weighted by Gasteiger charge is -2.37. The quantitative estimate of drug-likeness (QED) is 0.612. The molecular formula is C23H25F3N6. The first kappa shape index (κ1) is 22.0. The molecule has 32 heavy (non-hydrogen) atoms. The number of aromatic nitrogens is 3. The van der Waals surface area contributed by atoms with Crippen LogP contribution in [0, 0.1) is 0 Å². The molecule has 0 unspecified atom stereocenters. The van der Waals surface area contributed by atoms with Crippen LogP contribution < -0.4 is 15.5 Å². The van der Waals surface area contributed by atoms with Gasteiger partial charge in [0.1, 0.15) is 11.4 Å². The topological polar surface area (TPSA) is 66.0 Å². The van der Waals surface area contributed by atoms with E-state index >= 15 is 0 Å². The van der Waals surface area contributed by atoms with Crippen LogP contribution in [0.4, 0.5) is 24.9 Å². The summed E-state index contributed by atoms with van der Waals surface area (Å²) in [5.41, 5.74) is 2.01. The van der Waals surface area contributed by atoms with E-state index in [-0.39, 0.29) is 23.8 Å². The van der Waals surface area contributed by atoms with Gasteiger partial charge in [0.15, 0.2) is 0 Å². The molecule has 0 saturated carbocycles. The molecule has 0 radical (unpaired) electrons. The van der Waals surface area contributed by atoms with Gasteiger partial charge in [0.25, 0.3) is 0 Å². The monoisotopic (exact) mass is 442 g/mol. The smallest absolute Gasteiger partial charge is 0.353 e. The van der Waals surface area contributed by atoms with Gasteiger partial charge in [-0.15, -0.1) is 0 Å². The maximum atomic E-state index is 13.6. The van der Waals surface area contributed by atoms with Crippen LogP contribution in [0.5, 0.6) is 0 Å². The van der Waals surface area contributed by atoms with Crippen molar-refractivity contribution in [2.24, 2.45) is 0 Å². The van der Waals surface area contributed by atoms with E-state index in [0.29, 0.717) is 19.6 Å². The fraction of sp³-hybridized carbons (Fsp3) is 0.348. The highest BCUT2D eigenvalue weighted by molar-refractivity contribution is 5.59. The van der Waals surface area contributed by atoms with Gasteiger partial charge in [-0.2, -0.15) is 18.2 Å². The predicted molar refractivity (Wildman–Crippen MR) is 118 cm³/mol. The Morgan fingerprint density at radius 3 is 2.38 bits per heavy atom. The second-order valence-electron chi connectivity index (χ2n) is 8.07. The third-order valence-electron chi connectivity index (χ3n) is 5.30. The maximum absolute atomic E-state index is 13.6. The van der Waals surface area contributed by atoms with Crippen LogP contribution in [-0.4, -0.2) is 40.1 Å². The normalized spacial score (nSPS) is 19.1. The van der Waals surface area contributed by atoms with Gasteiger partial charge in [0.05, 0.1) is 5.69 Å². The summed E-state index contributed by atoms with van der Waals surface area (Å²) in [6, 6.07) is 13.7. The number of piperazine rings is 1. The molecule has 2 N–H and O–H groups in total. The van der Waals surface area contributed by atoms with Crippen molar-refractivity contribution in [3.8, 4) is 11.3 Å². The Morgan fingerprint density at radius 2 is 1.75 bits per heavy atom. The zero-order chi connectivity index (χ0) is 22.7. The highest BCUT2D eigenvalue weighted by atomic mass is 19.4. The summed E-state index contributed by atoms with van der Waals surface area (Å²) >= 11 is 0. The molecule has 1 aliphatic rings. The summed E-state index contributed by atoms with van der Waals surface area (Å²) in [6.07, 6.45) is -1.91. The van der Waals surface area contributed by atoms with Crippen molar-refractivity contribution in [2.45, 2.75) is 38.7 Å². The van der Waals surface area contributed by atoms with Crippen LogP contribution in [0.1, 0.15) is 25.0 Å². The highest BCUT2D eigenvalue weighted by Gasteiger charge is 2.38. The molecule has 168 valence electrons. The second kappa shape index (κ2) is 9.12. The van der Waals surface area contributed by atoms with E-state index in [1.165, 1.54) is 0 Å². The molecule has 9 heteroatoms. The molecular weight excluding hydrogens is 417 g/mol. The van der Waals surface area contributed by atoms with Crippen molar-refractivity contribution in [3.63, 3.8) is 0 Å². The Morgan fingerprint density at radius 1 is 1.03 bits per heavy atom. The van der Waals surface area contributed by atoms with Crippen LogP contribution in [-0.2, 0) is 12.7 Å². The first-order chi connectivity index (χ1) is 15.3. The molecule has 1 fully saturated rings. The zero-order valence-electron chi connectivity index (χ0n) is 17.9. The van der Waals surface area contributed by atoms with E-state index in [1.807, 2.05) is 56.3 Å². The number of nitrogens with one attached hydrogen (secondary N) is 2. The second-order valence-corrected chi connectivity index (χ2v) is 8.07.